The van der Waals surface area contributed by atoms with Gasteiger partial charge in [0.25, 0.3) is 0 Å². The van der Waals surface area contributed by atoms with Gasteiger partial charge in [0, 0.05) is 11.1 Å². The Morgan fingerprint density at radius 1 is 1.04 bits per heavy atom. The van der Waals surface area contributed by atoms with Crippen LogP contribution in [0.25, 0.3) is 0 Å². The number of hydrogen-bond donors (Lipinski definition) is 0. The standard InChI is InChI=1S/C20H19NO5/c1-3-25-20(24)14(2)12-26-18-10-6-16(7-11-18)19(23)15-4-8-17(9-5-15)21-13-22/h4-11,14H,3,12H2,1-2H3. The summed E-state index contributed by atoms with van der Waals surface area (Å²) in [4.78, 5) is 37.7. The van der Waals surface area contributed by atoms with Crippen molar-refractivity contribution in [2.75, 3.05) is 13.2 Å². The average Bonchev–Trinajstić information content (AvgIpc) is 2.67. The summed E-state index contributed by atoms with van der Waals surface area (Å²) in [7, 11) is 0. The highest BCUT2D eigenvalue weighted by Gasteiger charge is 2.15. The summed E-state index contributed by atoms with van der Waals surface area (Å²) in [5, 5.41) is 0. The van der Waals surface area contributed by atoms with E-state index in [9.17, 15) is 14.4 Å². The first-order valence-electron chi connectivity index (χ1n) is 8.17. The molecule has 0 aliphatic heterocycles. The molecule has 0 amide bonds. The molecular weight excluding hydrogens is 334 g/mol. The largest absolute Gasteiger partial charge is 0.493 e. The van der Waals surface area contributed by atoms with Crippen LogP contribution in [0.1, 0.15) is 29.8 Å². The first-order valence-corrected chi connectivity index (χ1v) is 8.17. The molecule has 0 spiro atoms. The van der Waals surface area contributed by atoms with Crippen molar-refractivity contribution in [3.05, 3.63) is 59.7 Å². The number of hydrogen-bond acceptors (Lipinski definition) is 6. The minimum absolute atomic E-state index is 0.155. The van der Waals surface area contributed by atoms with Crippen molar-refractivity contribution in [2.45, 2.75) is 13.8 Å². The van der Waals surface area contributed by atoms with Gasteiger partial charge in [0.15, 0.2) is 5.78 Å². The van der Waals surface area contributed by atoms with E-state index in [2.05, 4.69) is 4.99 Å². The van der Waals surface area contributed by atoms with E-state index < -0.39 is 0 Å². The van der Waals surface area contributed by atoms with Gasteiger partial charge in [-0.3, -0.25) is 9.59 Å². The Labute approximate surface area is 151 Å². The first kappa shape index (κ1) is 19.1. The van der Waals surface area contributed by atoms with Crippen molar-refractivity contribution in [2.24, 2.45) is 10.9 Å². The molecule has 0 aliphatic carbocycles. The molecule has 0 saturated carbocycles. The molecule has 0 heterocycles. The summed E-state index contributed by atoms with van der Waals surface area (Å²) < 4.78 is 10.5. The lowest BCUT2D eigenvalue weighted by Gasteiger charge is -2.12. The van der Waals surface area contributed by atoms with Crippen molar-refractivity contribution < 1.29 is 23.9 Å². The average molecular weight is 353 g/mol. The fourth-order valence-electron chi connectivity index (χ4n) is 2.18. The van der Waals surface area contributed by atoms with Crippen LogP contribution < -0.4 is 4.74 Å². The van der Waals surface area contributed by atoms with E-state index in [0.29, 0.717) is 29.2 Å². The Kier molecular flexibility index (Phi) is 6.83. The Balaban J connectivity index is 1.98. The molecule has 2 aromatic rings. The van der Waals surface area contributed by atoms with E-state index in [0.717, 1.165) is 0 Å². The van der Waals surface area contributed by atoms with Crippen LogP contribution in [0.3, 0.4) is 0 Å². The van der Waals surface area contributed by atoms with Crippen LogP contribution in [0.4, 0.5) is 5.69 Å². The molecule has 0 saturated heterocycles. The van der Waals surface area contributed by atoms with Gasteiger partial charge >= 0.3 is 5.97 Å². The van der Waals surface area contributed by atoms with Gasteiger partial charge in [0.2, 0.25) is 6.08 Å². The monoisotopic (exact) mass is 353 g/mol. The van der Waals surface area contributed by atoms with Crippen LogP contribution in [0, 0.1) is 5.92 Å². The molecule has 2 rings (SSSR count). The number of rotatable bonds is 8. The molecule has 6 heteroatoms. The van der Waals surface area contributed by atoms with Gasteiger partial charge < -0.3 is 9.47 Å². The van der Waals surface area contributed by atoms with E-state index in [-0.39, 0.29) is 24.3 Å². The summed E-state index contributed by atoms with van der Waals surface area (Å²) in [6, 6.07) is 13.0. The summed E-state index contributed by atoms with van der Waals surface area (Å²) >= 11 is 0. The van der Waals surface area contributed by atoms with Gasteiger partial charge in [-0.2, -0.15) is 4.99 Å². The van der Waals surface area contributed by atoms with Crippen LogP contribution >= 0.6 is 0 Å². The third-order valence-corrected chi connectivity index (χ3v) is 3.61. The minimum atomic E-state index is -0.371. The lowest BCUT2D eigenvalue weighted by molar-refractivity contribution is -0.148. The van der Waals surface area contributed by atoms with Gasteiger partial charge in [-0.05, 0) is 62.4 Å². The first-order chi connectivity index (χ1) is 12.5. The van der Waals surface area contributed by atoms with E-state index >= 15 is 0 Å². The third-order valence-electron chi connectivity index (χ3n) is 3.61. The highest BCUT2D eigenvalue weighted by atomic mass is 16.5. The lowest BCUT2D eigenvalue weighted by Crippen LogP contribution is -2.21. The topological polar surface area (TPSA) is 82.0 Å². The quantitative estimate of drug-likeness (QED) is 0.314. The van der Waals surface area contributed by atoms with E-state index in [1.807, 2.05) is 0 Å². The molecule has 134 valence electrons. The normalized spacial score (nSPS) is 11.2. The van der Waals surface area contributed by atoms with E-state index in [1.54, 1.807) is 62.4 Å². The molecule has 1 unspecified atom stereocenters. The molecule has 26 heavy (non-hydrogen) atoms. The molecule has 0 aromatic heterocycles. The fraction of sp³-hybridized carbons (Fsp3) is 0.250. The summed E-state index contributed by atoms with van der Waals surface area (Å²) in [5.74, 6) is -0.267. The van der Waals surface area contributed by atoms with Gasteiger partial charge in [-0.15, -0.1) is 0 Å². The van der Waals surface area contributed by atoms with Crippen LogP contribution in [-0.4, -0.2) is 31.0 Å². The van der Waals surface area contributed by atoms with E-state index in [4.69, 9.17) is 9.47 Å². The summed E-state index contributed by atoms with van der Waals surface area (Å²) in [5.41, 5.74) is 1.43. The van der Waals surface area contributed by atoms with Crippen LogP contribution in [0.5, 0.6) is 5.75 Å². The maximum atomic E-state index is 12.4. The molecule has 0 bridgehead atoms. The number of nitrogens with zero attached hydrogens (tertiary/aromatic N) is 1. The Morgan fingerprint density at radius 3 is 2.15 bits per heavy atom. The molecule has 0 aliphatic rings. The fourth-order valence-corrected chi connectivity index (χ4v) is 2.18. The molecule has 0 radical (unpaired) electrons. The maximum Gasteiger partial charge on any atom is 0.312 e. The van der Waals surface area contributed by atoms with Crippen molar-refractivity contribution >= 4 is 23.5 Å². The SMILES string of the molecule is CCOC(=O)C(C)COc1ccc(C(=O)c2ccc(N=C=O)cc2)cc1. The highest BCUT2D eigenvalue weighted by Crippen LogP contribution is 2.18. The van der Waals surface area contributed by atoms with Gasteiger partial charge in [-0.1, -0.05) is 0 Å². The smallest absolute Gasteiger partial charge is 0.312 e. The highest BCUT2D eigenvalue weighted by molar-refractivity contribution is 6.09. The van der Waals surface area contributed by atoms with Gasteiger partial charge in [-0.25, -0.2) is 4.79 Å². The zero-order valence-electron chi connectivity index (χ0n) is 14.6. The van der Waals surface area contributed by atoms with Crippen LogP contribution in [0.2, 0.25) is 0 Å². The summed E-state index contributed by atoms with van der Waals surface area (Å²) in [6.07, 6.45) is 1.45. The number of carbonyl (C=O) groups excluding carboxylic acids is 3. The number of benzene rings is 2. The van der Waals surface area contributed by atoms with Crippen molar-refractivity contribution in [3.63, 3.8) is 0 Å². The molecule has 0 fully saturated rings. The van der Waals surface area contributed by atoms with Gasteiger partial charge in [0.1, 0.15) is 12.4 Å². The second-order valence-electron chi connectivity index (χ2n) is 5.57. The second kappa shape index (κ2) is 9.30. The van der Waals surface area contributed by atoms with Crippen molar-refractivity contribution in [3.8, 4) is 5.75 Å². The van der Waals surface area contributed by atoms with Crippen LogP contribution in [0.15, 0.2) is 53.5 Å². The summed E-state index contributed by atoms with van der Waals surface area (Å²) in [6.45, 7) is 4.02. The molecule has 2 aromatic carbocycles. The molecule has 1 atom stereocenters. The number of carbonyl (C=O) groups is 2. The lowest BCUT2D eigenvalue weighted by atomic mass is 10.0. The maximum absolute atomic E-state index is 12.4. The van der Waals surface area contributed by atoms with Crippen molar-refractivity contribution in [1.29, 1.82) is 0 Å². The number of ketones is 1. The van der Waals surface area contributed by atoms with Crippen molar-refractivity contribution in [1.82, 2.24) is 0 Å². The minimum Gasteiger partial charge on any atom is -0.493 e. The zero-order valence-corrected chi connectivity index (χ0v) is 14.6. The number of esters is 1. The van der Waals surface area contributed by atoms with E-state index in [1.165, 1.54) is 6.08 Å². The predicted octanol–water partition coefficient (Wildman–Crippen LogP) is 3.46. The third kappa shape index (κ3) is 5.13. The zero-order chi connectivity index (χ0) is 18.9. The number of aliphatic imine (C=N–C) groups is 1. The molecule has 6 nitrogen and oxygen atoms in total. The predicted molar refractivity (Wildman–Crippen MR) is 95.4 cm³/mol. The Morgan fingerprint density at radius 2 is 1.62 bits per heavy atom. The molecule has 0 N–H and O–H groups in total. The second-order valence-corrected chi connectivity index (χ2v) is 5.57. The Bertz CT molecular complexity index is 805. The van der Waals surface area contributed by atoms with Crippen LogP contribution in [-0.2, 0) is 14.3 Å². The Hall–Kier alpha value is -3.24. The number of isocyanates is 1. The number of ether oxygens (including phenoxy) is 2. The molecular formula is C20H19NO5. The van der Waals surface area contributed by atoms with Gasteiger partial charge in [0.05, 0.1) is 18.2 Å².